The maximum Gasteiger partial charge on any atom is 0.418 e. The SMILES string of the molecule is Cn1cc(CONC(=O)C2CCC3CN2C(=O)N3OS(=O)(=O)O)nn1. The lowest BCUT2D eigenvalue weighted by atomic mass is 10.0. The van der Waals surface area contributed by atoms with Gasteiger partial charge in [0.1, 0.15) is 18.3 Å². The van der Waals surface area contributed by atoms with Gasteiger partial charge < -0.3 is 4.90 Å². The molecule has 0 saturated carbocycles. The predicted molar refractivity (Wildman–Crippen MR) is 77.3 cm³/mol. The second-order valence-electron chi connectivity index (χ2n) is 5.65. The lowest BCUT2D eigenvalue weighted by Crippen LogP contribution is -2.49. The van der Waals surface area contributed by atoms with E-state index in [9.17, 15) is 18.0 Å². The van der Waals surface area contributed by atoms with Crippen molar-refractivity contribution >= 4 is 22.3 Å². The standard InChI is InChI=1S/C11H16N6O7S/c1-15-4-7(12-14-15)6-23-13-10(18)9-3-2-8-5-16(9)11(19)17(8)24-25(20,21)22/h4,8-9H,2-3,5-6H2,1H3,(H,13,18)(H,20,21,22). The molecule has 0 aliphatic carbocycles. The molecule has 2 fully saturated rings. The quantitative estimate of drug-likeness (QED) is 0.439. The minimum absolute atomic E-state index is 0.000857. The van der Waals surface area contributed by atoms with Crippen LogP contribution in [0.3, 0.4) is 0 Å². The molecule has 0 radical (unpaired) electrons. The number of carbonyl (C=O) groups excluding carboxylic acids is 2. The molecule has 3 rings (SSSR count). The highest BCUT2D eigenvalue weighted by Gasteiger charge is 2.49. The number of urea groups is 1. The number of fused-ring (bicyclic) bond motifs is 2. The molecule has 3 heterocycles. The Balaban J connectivity index is 1.56. The molecule has 14 heteroatoms. The monoisotopic (exact) mass is 376 g/mol. The average molecular weight is 376 g/mol. The first-order chi connectivity index (χ1) is 11.7. The lowest BCUT2D eigenvalue weighted by Gasteiger charge is -2.28. The molecule has 1 aromatic rings. The van der Waals surface area contributed by atoms with E-state index in [1.54, 1.807) is 13.2 Å². The Morgan fingerprint density at radius 3 is 2.88 bits per heavy atom. The number of hydroxylamine groups is 3. The minimum atomic E-state index is -4.82. The molecule has 138 valence electrons. The summed E-state index contributed by atoms with van der Waals surface area (Å²) in [5, 5.41) is 8.07. The van der Waals surface area contributed by atoms with Crippen LogP contribution in [0.25, 0.3) is 0 Å². The minimum Gasteiger partial charge on any atom is -0.309 e. The summed E-state index contributed by atoms with van der Waals surface area (Å²) in [4.78, 5) is 30.6. The van der Waals surface area contributed by atoms with Gasteiger partial charge in [0.05, 0.1) is 12.2 Å². The van der Waals surface area contributed by atoms with Crippen molar-refractivity contribution in [2.75, 3.05) is 6.54 Å². The average Bonchev–Trinajstić information content (AvgIpc) is 3.04. The largest absolute Gasteiger partial charge is 0.418 e. The Morgan fingerprint density at radius 2 is 2.24 bits per heavy atom. The zero-order valence-corrected chi connectivity index (χ0v) is 13.9. The molecule has 0 spiro atoms. The van der Waals surface area contributed by atoms with E-state index in [1.165, 1.54) is 9.58 Å². The summed E-state index contributed by atoms with van der Waals surface area (Å²) in [6.45, 7) is 0.109. The number of nitrogens with zero attached hydrogens (tertiary/aromatic N) is 5. The number of aromatic nitrogens is 3. The predicted octanol–water partition coefficient (Wildman–Crippen LogP) is -1.63. The van der Waals surface area contributed by atoms with Crippen LogP contribution >= 0.6 is 0 Å². The smallest absolute Gasteiger partial charge is 0.309 e. The number of nitrogens with one attached hydrogen (secondary N) is 1. The molecule has 3 amide bonds. The fourth-order valence-corrected chi connectivity index (χ4v) is 3.20. The van der Waals surface area contributed by atoms with Gasteiger partial charge in [-0.15, -0.1) is 9.38 Å². The maximum atomic E-state index is 12.2. The summed E-state index contributed by atoms with van der Waals surface area (Å²) in [6, 6.07) is -2.20. The van der Waals surface area contributed by atoms with Crippen molar-refractivity contribution < 1.29 is 31.7 Å². The normalized spacial score (nSPS) is 23.2. The molecule has 2 saturated heterocycles. The van der Waals surface area contributed by atoms with Crippen molar-refractivity contribution in [2.24, 2.45) is 7.05 Å². The zero-order valence-electron chi connectivity index (χ0n) is 13.1. The Labute approximate surface area is 142 Å². The van der Waals surface area contributed by atoms with Crippen molar-refractivity contribution in [3.63, 3.8) is 0 Å². The number of hydrogen-bond acceptors (Lipinski definition) is 8. The Hall–Kier alpha value is -2.29. The second-order valence-corrected chi connectivity index (χ2v) is 6.65. The van der Waals surface area contributed by atoms with E-state index in [4.69, 9.17) is 9.39 Å². The third kappa shape index (κ3) is 3.87. The number of rotatable bonds is 6. The fourth-order valence-electron chi connectivity index (χ4n) is 2.81. The van der Waals surface area contributed by atoms with Crippen LogP contribution in [0.1, 0.15) is 18.5 Å². The summed E-state index contributed by atoms with van der Waals surface area (Å²) in [5.41, 5.74) is 2.75. The van der Waals surface area contributed by atoms with Crippen LogP contribution in [0.4, 0.5) is 4.79 Å². The van der Waals surface area contributed by atoms with Crippen molar-refractivity contribution in [2.45, 2.75) is 31.5 Å². The summed E-state index contributed by atoms with van der Waals surface area (Å²) in [6.07, 6.45) is 2.24. The zero-order chi connectivity index (χ0) is 18.2. The van der Waals surface area contributed by atoms with E-state index < -0.39 is 34.4 Å². The molecular weight excluding hydrogens is 360 g/mol. The van der Waals surface area contributed by atoms with Gasteiger partial charge in [0, 0.05) is 13.6 Å². The van der Waals surface area contributed by atoms with Gasteiger partial charge in [-0.05, 0) is 12.8 Å². The van der Waals surface area contributed by atoms with Gasteiger partial charge in [-0.25, -0.2) is 10.3 Å². The second kappa shape index (κ2) is 6.55. The van der Waals surface area contributed by atoms with Gasteiger partial charge in [0.2, 0.25) is 0 Å². The van der Waals surface area contributed by atoms with Crippen LogP contribution in [-0.2, 0) is 38.0 Å². The van der Waals surface area contributed by atoms with E-state index in [0.29, 0.717) is 23.6 Å². The number of carbonyl (C=O) groups is 2. The molecule has 2 bridgehead atoms. The maximum absolute atomic E-state index is 12.2. The van der Waals surface area contributed by atoms with Crippen LogP contribution in [-0.4, -0.2) is 68.5 Å². The van der Waals surface area contributed by atoms with Gasteiger partial charge in [-0.3, -0.25) is 18.9 Å². The third-order valence-corrected chi connectivity index (χ3v) is 4.19. The summed E-state index contributed by atoms with van der Waals surface area (Å²) < 4.78 is 36.2. The van der Waals surface area contributed by atoms with Crippen LogP contribution in [0, 0.1) is 0 Å². The van der Waals surface area contributed by atoms with E-state index >= 15 is 0 Å². The number of piperidine rings is 1. The number of aryl methyl sites for hydroxylation is 1. The highest BCUT2D eigenvalue weighted by molar-refractivity contribution is 7.80. The lowest BCUT2D eigenvalue weighted by molar-refractivity contribution is -0.140. The van der Waals surface area contributed by atoms with E-state index in [0.717, 1.165) is 0 Å². The molecule has 2 aliphatic heterocycles. The van der Waals surface area contributed by atoms with Gasteiger partial charge in [0.25, 0.3) is 5.91 Å². The number of amides is 3. The topological polar surface area (TPSA) is 156 Å². The number of hydrogen-bond donors (Lipinski definition) is 2. The summed E-state index contributed by atoms with van der Waals surface area (Å²) in [7, 11) is -3.13. The highest BCUT2D eigenvalue weighted by atomic mass is 32.3. The molecule has 2 N–H and O–H groups in total. The highest BCUT2D eigenvalue weighted by Crippen LogP contribution is 2.30. The third-order valence-electron chi connectivity index (χ3n) is 3.84. The molecule has 0 aromatic carbocycles. The van der Waals surface area contributed by atoms with Crippen LogP contribution < -0.4 is 5.48 Å². The molecule has 13 nitrogen and oxygen atoms in total. The van der Waals surface area contributed by atoms with Gasteiger partial charge in [-0.2, -0.15) is 13.5 Å². The van der Waals surface area contributed by atoms with Crippen LogP contribution in [0.5, 0.6) is 0 Å². The Morgan fingerprint density at radius 1 is 1.48 bits per heavy atom. The molecule has 1 aromatic heterocycles. The molecular formula is C11H16N6O7S. The summed E-state index contributed by atoms with van der Waals surface area (Å²) >= 11 is 0. The molecule has 2 atom stereocenters. The first-order valence-electron chi connectivity index (χ1n) is 7.28. The Bertz CT molecular complexity index is 780. The first kappa shape index (κ1) is 17.5. The van der Waals surface area contributed by atoms with E-state index in [1.807, 2.05) is 0 Å². The van der Waals surface area contributed by atoms with Crippen LogP contribution in [0.2, 0.25) is 0 Å². The van der Waals surface area contributed by atoms with Crippen LogP contribution in [0.15, 0.2) is 6.20 Å². The van der Waals surface area contributed by atoms with Crippen molar-refractivity contribution in [3.8, 4) is 0 Å². The molecule has 2 aliphatic rings. The van der Waals surface area contributed by atoms with Crippen molar-refractivity contribution in [1.29, 1.82) is 0 Å². The van der Waals surface area contributed by atoms with E-state index in [2.05, 4.69) is 20.1 Å². The summed E-state index contributed by atoms with van der Waals surface area (Å²) in [5.74, 6) is -0.551. The van der Waals surface area contributed by atoms with Crippen molar-refractivity contribution in [3.05, 3.63) is 11.9 Å². The van der Waals surface area contributed by atoms with Gasteiger partial charge >= 0.3 is 16.4 Å². The Kier molecular flexibility index (Phi) is 4.59. The van der Waals surface area contributed by atoms with Gasteiger partial charge in [-0.1, -0.05) is 5.21 Å². The molecule has 25 heavy (non-hydrogen) atoms. The van der Waals surface area contributed by atoms with Gasteiger partial charge in [0.15, 0.2) is 0 Å². The van der Waals surface area contributed by atoms with Crippen molar-refractivity contribution in [1.82, 2.24) is 30.4 Å². The van der Waals surface area contributed by atoms with E-state index in [-0.39, 0.29) is 13.2 Å². The fraction of sp³-hybridized carbons (Fsp3) is 0.636. The first-order valence-corrected chi connectivity index (χ1v) is 8.65. The molecule has 2 unspecified atom stereocenters.